The van der Waals surface area contributed by atoms with E-state index in [-0.39, 0.29) is 5.75 Å². The van der Waals surface area contributed by atoms with Crippen molar-refractivity contribution in [3.05, 3.63) is 24.3 Å². The number of nitrogens with two attached hydrogens (primary N) is 1. The summed E-state index contributed by atoms with van der Waals surface area (Å²) in [7, 11) is -2.87. The third-order valence-electron chi connectivity index (χ3n) is 2.69. The summed E-state index contributed by atoms with van der Waals surface area (Å²) >= 11 is 0. The van der Waals surface area contributed by atoms with E-state index in [1.807, 2.05) is 24.3 Å². The first kappa shape index (κ1) is 14.8. The van der Waals surface area contributed by atoms with Gasteiger partial charge in [0.25, 0.3) is 0 Å². The van der Waals surface area contributed by atoms with E-state index in [9.17, 15) is 8.42 Å². The zero-order valence-corrected chi connectivity index (χ0v) is 11.9. The molecular formula is C13H22N2O2S. The minimum atomic E-state index is -2.87. The molecule has 0 saturated heterocycles. The highest BCUT2D eigenvalue weighted by molar-refractivity contribution is 7.90. The van der Waals surface area contributed by atoms with E-state index in [1.165, 1.54) is 6.26 Å². The van der Waals surface area contributed by atoms with Crippen LogP contribution < -0.4 is 10.6 Å². The second-order valence-electron chi connectivity index (χ2n) is 4.56. The Morgan fingerprint density at radius 2 is 1.78 bits per heavy atom. The summed E-state index contributed by atoms with van der Waals surface area (Å²) in [6.07, 6.45) is 2.97. The number of benzene rings is 1. The van der Waals surface area contributed by atoms with Gasteiger partial charge in [-0.25, -0.2) is 8.42 Å². The van der Waals surface area contributed by atoms with E-state index in [1.54, 1.807) is 0 Å². The minimum absolute atomic E-state index is 0.238. The topological polar surface area (TPSA) is 63.4 Å². The zero-order valence-electron chi connectivity index (χ0n) is 11.1. The molecule has 0 fully saturated rings. The first-order chi connectivity index (χ1) is 8.42. The molecule has 0 aliphatic carbocycles. The first-order valence-electron chi connectivity index (χ1n) is 6.20. The largest absolute Gasteiger partial charge is 0.399 e. The van der Waals surface area contributed by atoms with Crippen LogP contribution in [0.15, 0.2) is 24.3 Å². The van der Waals surface area contributed by atoms with Crippen LogP contribution in [0.2, 0.25) is 0 Å². The van der Waals surface area contributed by atoms with Gasteiger partial charge in [-0.2, -0.15) is 0 Å². The molecule has 5 heteroatoms. The molecule has 0 aliphatic rings. The first-order valence-corrected chi connectivity index (χ1v) is 8.26. The van der Waals surface area contributed by atoms with E-state index in [0.717, 1.165) is 30.9 Å². The second-order valence-corrected chi connectivity index (χ2v) is 6.82. The van der Waals surface area contributed by atoms with Crippen molar-refractivity contribution in [3.8, 4) is 0 Å². The van der Waals surface area contributed by atoms with Crippen molar-refractivity contribution in [3.63, 3.8) is 0 Å². The molecule has 0 spiro atoms. The number of nitrogen functional groups attached to an aromatic ring is 1. The van der Waals surface area contributed by atoms with Crippen LogP contribution in [-0.2, 0) is 9.84 Å². The van der Waals surface area contributed by atoms with Crippen LogP contribution in [0, 0.1) is 0 Å². The number of rotatable bonds is 7. The van der Waals surface area contributed by atoms with Crippen molar-refractivity contribution in [1.29, 1.82) is 0 Å². The highest BCUT2D eigenvalue weighted by Gasteiger charge is 2.07. The molecule has 0 heterocycles. The van der Waals surface area contributed by atoms with Crippen molar-refractivity contribution >= 4 is 21.2 Å². The predicted octanol–water partition coefficient (Wildman–Crippen LogP) is 1.92. The monoisotopic (exact) mass is 270 g/mol. The number of sulfone groups is 1. The van der Waals surface area contributed by atoms with E-state index < -0.39 is 9.84 Å². The highest BCUT2D eigenvalue weighted by atomic mass is 32.2. The third-order valence-corrected chi connectivity index (χ3v) is 3.73. The Kier molecular flexibility index (Phi) is 5.47. The number of hydrogen-bond acceptors (Lipinski definition) is 4. The molecule has 0 radical (unpaired) electrons. The van der Waals surface area contributed by atoms with Gasteiger partial charge in [-0.3, -0.25) is 0 Å². The number of hydrogen-bond donors (Lipinski definition) is 1. The molecule has 4 nitrogen and oxygen atoms in total. The average Bonchev–Trinajstić information content (AvgIpc) is 2.27. The lowest BCUT2D eigenvalue weighted by atomic mass is 10.2. The van der Waals surface area contributed by atoms with Gasteiger partial charge in [-0.05, 0) is 37.1 Å². The third kappa shape index (κ3) is 5.40. The summed E-state index contributed by atoms with van der Waals surface area (Å²) in [6, 6.07) is 7.69. The highest BCUT2D eigenvalue weighted by Crippen LogP contribution is 2.17. The quantitative estimate of drug-likeness (QED) is 0.769. The van der Waals surface area contributed by atoms with Gasteiger partial charge in [0.05, 0.1) is 5.75 Å². The molecule has 0 saturated carbocycles. The van der Waals surface area contributed by atoms with Gasteiger partial charge in [0, 0.05) is 30.7 Å². The lowest BCUT2D eigenvalue weighted by molar-refractivity contribution is 0.598. The van der Waals surface area contributed by atoms with Crippen molar-refractivity contribution in [1.82, 2.24) is 0 Å². The summed E-state index contributed by atoms with van der Waals surface area (Å²) in [6.45, 7) is 3.79. The molecule has 0 aliphatic heterocycles. The fourth-order valence-electron chi connectivity index (χ4n) is 1.84. The Hall–Kier alpha value is -1.23. The van der Waals surface area contributed by atoms with Gasteiger partial charge in [-0.1, -0.05) is 6.92 Å². The fourth-order valence-corrected chi connectivity index (χ4v) is 2.50. The van der Waals surface area contributed by atoms with Gasteiger partial charge in [0.15, 0.2) is 0 Å². The van der Waals surface area contributed by atoms with Crippen LogP contribution in [0.3, 0.4) is 0 Å². The summed E-state index contributed by atoms with van der Waals surface area (Å²) < 4.78 is 22.2. The average molecular weight is 270 g/mol. The van der Waals surface area contributed by atoms with Crippen molar-refractivity contribution in [2.75, 3.05) is 35.7 Å². The van der Waals surface area contributed by atoms with Crippen LogP contribution in [0.1, 0.15) is 19.8 Å². The predicted molar refractivity (Wildman–Crippen MR) is 77.7 cm³/mol. The van der Waals surface area contributed by atoms with Crippen molar-refractivity contribution in [2.24, 2.45) is 0 Å². The zero-order chi connectivity index (χ0) is 13.6. The maximum absolute atomic E-state index is 11.1. The molecule has 0 amide bonds. The van der Waals surface area contributed by atoms with Crippen LogP contribution in [0.4, 0.5) is 11.4 Å². The molecule has 102 valence electrons. The lowest BCUT2D eigenvalue weighted by Gasteiger charge is -2.24. The Labute approximate surface area is 110 Å². The van der Waals surface area contributed by atoms with E-state index in [2.05, 4.69) is 11.8 Å². The van der Waals surface area contributed by atoms with Crippen molar-refractivity contribution in [2.45, 2.75) is 19.8 Å². The molecule has 18 heavy (non-hydrogen) atoms. The summed E-state index contributed by atoms with van der Waals surface area (Å²) in [5.41, 5.74) is 7.50. The van der Waals surface area contributed by atoms with E-state index in [4.69, 9.17) is 5.73 Å². The molecule has 0 atom stereocenters. The Morgan fingerprint density at radius 1 is 1.17 bits per heavy atom. The fraction of sp³-hybridized carbons (Fsp3) is 0.538. The lowest BCUT2D eigenvalue weighted by Crippen LogP contribution is -2.26. The van der Waals surface area contributed by atoms with Crippen LogP contribution in [0.5, 0.6) is 0 Å². The summed E-state index contributed by atoms with van der Waals surface area (Å²) in [5, 5.41) is 0. The normalized spacial score (nSPS) is 11.4. The Balaban J connectivity index is 2.62. The SMILES string of the molecule is CCCN(CCCS(C)(=O)=O)c1ccc(N)cc1. The molecular weight excluding hydrogens is 248 g/mol. The van der Waals surface area contributed by atoms with Gasteiger partial charge in [0.2, 0.25) is 0 Å². The van der Waals surface area contributed by atoms with Crippen LogP contribution in [-0.4, -0.2) is 33.5 Å². The van der Waals surface area contributed by atoms with Crippen LogP contribution in [0.25, 0.3) is 0 Å². The molecule has 1 aromatic rings. The number of anilines is 2. The standard InChI is InChI=1S/C13H22N2O2S/c1-3-9-15(10-4-11-18(2,16)17)13-7-5-12(14)6-8-13/h5-8H,3-4,9-11,14H2,1-2H3. The summed E-state index contributed by atoms with van der Waals surface area (Å²) in [4.78, 5) is 2.20. The maximum atomic E-state index is 11.1. The molecule has 0 bridgehead atoms. The van der Waals surface area contributed by atoms with E-state index >= 15 is 0 Å². The smallest absolute Gasteiger partial charge is 0.147 e. The molecule has 1 rings (SSSR count). The Morgan fingerprint density at radius 3 is 2.28 bits per heavy atom. The van der Waals surface area contributed by atoms with Gasteiger partial charge in [0.1, 0.15) is 9.84 Å². The Bertz CT molecular complexity index is 454. The molecule has 2 N–H and O–H groups in total. The summed E-state index contributed by atoms with van der Waals surface area (Å²) in [5.74, 6) is 0.238. The van der Waals surface area contributed by atoms with E-state index in [0.29, 0.717) is 6.42 Å². The second kappa shape index (κ2) is 6.64. The molecule has 1 aromatic carbocycles. The van der Waals surface area contributed by atoms with Crippen molar-refractivity contribution < 1.29 is 8.42 Å². The van der Waals surface area contributed by atoms with Crippen LogP contribution >= 0.6 is 0 Å². The minimum Gasteiger partial charge on any atom is -0.399 e. The molecule has 0 aromatic heterocycles. The maximum Gasteiger partial charge on any atom is 0.147 e. The van der Waals surface area contributed by atoms with Gasteiger partial charge < -0.3 is 10.6 Å². The van der Waals surface area contributed by atoms with Gasteiger partial charge in [-0.15, -0.1) is 0 Å². The molecule has 0 unspecified atom stereocenters. The number of nitrogens with zero attached hydrogens (tertiary/aromatic N) is 1. The van der Waals surface area contributed by atoms with Gasteiger partial charge >= 0.3 is 0 Å².